The molecule has 2 aliphatic heterocycles. The molecule has 0 amide bonds. The van der Waals surface area contributed by atoms with Gasteiger partial charge in [0.15, 0.2) is 0 Å². The molecule has 1 aliphatic carbocycles. The van der Waals surface area contributed by atoms with Crippen molar-refractivity contribution in [2.75, 3.05) is 49.2 Å². The standard InChI is InChI=1S/C17H24N2S2/c1-2-4-15-14(3-1)16(18-5-9-20-10-6-18)13-17(15)19-7-11-21-12-8-19/h1-4,16-17H,5-13H2. The third kappa shape index (κ3) is 2.88. The van der Waals surface area contributed by atoms with Gasteiger partial charge in [-0.2, -0.15) is 23.5 Å². The van der Waals surface area contributed by atoms with Crippen LogP contribution in [0, 0.1) is 0 Å². The van der Waals surface area contributed by atoms with Crippen molar-refractivity contribution >= 4 is 23.5 Å². The zero-order valence-electron chi connectivity index (χ0n) is 12.5. The van der Waals surface area contributed by atoms with E-state index in [1.54, 1.807) is 11.1 Å². The Morgan fingerprint density at radius 1 is 0.714 bits per heavy atom. The summed E-state index contributed by atoms with van der Waals surface area (Å²) in [6.07, 6.45) is 1.31. The molecule has 1 aromatic rings. The summed E-state index contributed by atoms with van der Waals surface area (Å²) in [6, 6.07) is 10.6. The molecule has 114 valence electrons. The second-order valence-electron chi connectivity index (χ2n) is 6.19. The van der Waals surface area contributed by atoms with Crippen molar-refractivity contribution < 1.29 is 0 Å². The number of hydrogen-bond donors (Lipinski definition) is 0. The van der Waals surface area contributed by atoms with Gasteiger partial charge < -0.3 is 0 Å². The number of fused-ring (bicyclic) bond motifs is 1. The van der Waals surface area contributed by atoms with Gasteiger partial charge in [-0.25, -0.2) is 0 Å². The highest BCUT2D eigenvalue weighted by molar-refractivity contribution is 7.99. The lowest BCUT2D eigenvalue weighted by molar-refractivity contribution is 0.158. The fourth-order valence-corrected chi connectivity index (χ4v) is 5.92. The van der Waals surface area contributed by atoms with Gasteiger partial charge in [0.2, 0.25) is 0 Å². The summed E-state index contributed by atoms with van der Waals surface area (Å²) in [5.74, 6) is 5.24. The normalized spacial score (nSPS) is 31.2. The number of thioether (sulfide) groups is 2. The number of rotatable bonds is 2. The maximum atomic E-state index is 2.74. The monoisotopic (exact) mass is 320 g/mol. The molecule has 1 aromatic carbocycles. The third-order valence-electron chi connectivity index (χ3n) is 5.13. The fraction of sp³-hybridized carbons (Fsp3) is 0.647. The van der Waals surface area contributed by atoms with Gasteiger partial charge in [-0.15, -0.1) is 0 Å². The summed E-state index contributed by atoms with van der Waals surface area (Å²) in [5, 5.41) is 0. The highest BCUT2D eigenvalue weighted by Crippen LogP contribution is 2.46. The molecule has 0 spiro atoms. The van der Waals surface area contributed by atoms with Gasteiger partial charge in [0.25, 0.3) is 0 Å². The van der Waals surface area contributed by atoms with Crippen molar-refractivity contribution in [3.63, 3.8) is 0 Å². The van der Waals surface area contributed by atoms with Crippen molar-refractivity contribution in [1.82, 2.24) is 9.80 Å². The molecular formula is C17H24N2S2. The first-order valence-electron chi connectivity index (χ1n) is 8.16. The fourth-order valence-electron chi connectivity index (χ4n) is 4.05. The van der Waals surface area contributed by atoms with Gasteiger partial charge in [-0.1, -0.05) is 24.3 Å². The van der Waals surface area contributed by atoms with Gasteiger partial charge in [0.1, 0.15) is 0 Å². The van der Waals surface area contributed by atoms with E-state index in [4.69, 9.17) is 0 Å². The molecule has 2 heterocycles. The van der Waals surface area contributed by atoms with Crippen LogP contribution in [0.25, 0.3) is 0 Å². The van der Waals surface area contributed by atoms with Crippen molar-refractivity contribution in [3.8, 4) is 0 Å². The number of benzene rings is 1. The van der Waals surface area contributed by atoms with Crippen molar-refractivity contribution in [1.29, 1.82) is 0 Å². The molecule has 0 N–H and O–H groups in total. The Balaban J connectivity index is 1.59. The Bertz CT molecular complexity index is 438. The Kier molecular flexibility index (Phi) is 4.49. The molecular weight excluding hydrogens is 296 g/mol. The molecule has 2 saturated heterocycles. The van der Waals surface area contributed by atoms with Crippen LogP contribution in [0.3, 0.4) is 0 Å². The van der Waals surface area contributed by atoms with Crippen molar-refractivity contribution in [2.24, 2.45) is 0 Å². The molecule has 0 saturated carbocycles. The first-order valence-corrected chi connectivity index (χ1v) is 10.5. The summed E-state index contributed by atoms with van der Waals surface area (Å²) in [6.45, 7) is 5.08. The van der Waals surface area contributed by atoms with Crippen LogP contribution in [0.4, 0.5) is 0 Å². The van der Waals surface area contributed by atoms with E-state index in [1.807, 2.05) is 0 Å². The third-order valence-corrected chi connectivity index (χ3v) is 7.02. The van der Waals surface area contributed by atoms with Gasteiger partial charge >= 0.3 is 0 Å². The lowest BCUT2D eigenvalue weighted by Crippen LogP contribution is -2.37. The molecule has 2 nitrogen and oxygen atoms in total. The van der Waals surface area contributed by atoms with E-state index in [9.17, 15) is 0 Å². The lowest BCUT2D eigenvalue weighted by atomic mass is 10.1. The Hall–Kier alpha value is -0.160. The molecule has 2 unspecified atom stereocenters. The summed E-state index contributed by atoms with van der Waals surface area (Å²) in [4.78, 5) is 5.49. The largest absolute Gasteiger partial charge is 0.295 e. The summed E-state index contributed by atoms with van der Waals surface area (Å²) in [5.41, 5.74) is 3.24. The van der Waals surface area contributed by atoms with Crippen LogP contribution in [0.1, 0.15) is 29.6 Å². The molecule has 0 aromatic heterocycles. The van der Waals surface area contributed by atoms with E-state index in [1.165, 1.54) is 55.6 Å². The molecule has 0 bridgehead atoms. The van der Waals surface area contributed by atoms with Gasteiger partial charge in [-0.3, -0.25) is 9.80 Å². The molecule has 0 radical (unpaired) electrons. The van der Waals surface area contributed by atoms with Gasteiger partial charge in [0.05, 0.1) is 0 Å². The van der Waals surface area contributed by atoms with E-state index >= 15 is 0 Å². The smallest absolute Gasteiger partial charge is 0.0370 e. The minimum atomic E-state index is 0.668. The molecule has 21 heavy (non-hydrogen) atoms. The first kappa shape index (κ1) is 14.4. The Morgan fingerprint density at radius 3 is 1.57 bits per heavy atom. The minimum Gasteiger partial charge on any atom is -0.295 e. The predicted molar refractivity (Wildman–Crippen MR) is 94.3 cm³/mol. The summed E-state index contributed by atoms with van der Waals surface area (Å²) >= 11 is 4.23. The zero-order chi connectivity index (χ0) is 14.1. The summed E-state index contributed by atoms with van der Waals surface area (Å²) < 4.78 is 0. The van der Waals surface area contributed by atoms with Crippen LogP contribution >= 0.6 is 23.5 Å². The van der Waals surface area contributed by atoms with Gasteiger partial charge in [0, 0.05) is 61.3 Å². The van der Waals surface area contributed by atoms with E-state index in [-0.39, 0.29) is 0 Å². The minimum absolute atomic E-state index is 0.668. The zero-order valence-corrected chi connectivity index (χ0v) is 14.2. The van der Waals surface area contributed by atoms with E-state index in [2.05, 4.69) is 57.6 Å². The molecule has 2 atom stereocenters. The van der Waals surface area contributed by atoms with E-state index < -0.39 is 0 Å². The predicted octanol–water partition coefficient (Wildman–Crippen LogP) is 3.27. The van der Waals surface area contributed by atoms with Crippen LogP contribution in [0.15, 0.2) is 24.3 Å². The van der Waals surface area contributed by atoms with Crippen LogP contribution in [-0.4, -0.2) is 59.0 Å². The highest BCUT2D eigenvalue weighted by Gasteiger charge is 2.37. The summed E-state index contributed by atoms with van der Waals surface area (Å²) in [7, 11) is 0. The SMILES string of the molecule is c1ccc2c(c1)C(N1CCSCC1)CC2N1CCSCC1. The number of nitrogens with zero attached hydrogens (tertiary/aromatic N) is 2. The lowest BCUT2D eigenvalue weighted by Gasteiger charge is -2.35. The van der Waals surface area contributed by atoms with Crippen molar-refractivity contribution in [2.45, 2.75) is 18.5 Å². The topological polar surface area (TPSA) is 6.48 Å². The maximum absolute atomic E-state index is 2.74. The molecule has 2 fully saturated rings. The average molecular weight is 321 g/mol. The van der Waals surface area contributed by atoms with Crippen LogP contribution in [0.5, 0.6) is 0 Å². The first-order chi connectivity index (χ1) is 10.4. The Labute approximate surface area is 136 Å². The molecule has 3 aliphatic rings. The van der Waals surface area contributed by atoms with E-state index in [0.717, 1.165) is 0 Å². The van der Waals surface area contributed by atoms with Crippen LogP contribution in [0.2, 0.25) is 0 Å². The second kappa shape index (κ2) is 6.53. The highest BCUT2D eigenvalue weighted by atomic mass is 32.2. The second-order valence-corrected chi connectivity index (χ2v) is 8.64. The van der Waals surface area contributed by atoms with Crippen molar-refractivity contribution in [3.05, 3.63) is 35.4 Å². The average Bonchev–Trinajstić information content (AvgIpc) is 2.96. The van der Waals surface area contributed by atoms with E-state index in [0.29, 0.717) is 12.1 Å². The number of hydrogen-bond acceptors (Lipinski definition) is 4. The van der Waals surface area contributed by atoms with Crippen LogP contribution in [-0.2, 0) is 0 Å². The van der Waals surface area contributed by atoms with Crippen LogP contribution < -0.4 is 0 Å². The molecule has 4 rings (SSSR count). The van der Waals surface area contributed by atoms with Gasteiger partial charge in [-0.05, 0) is 17.5 Å². The Morgan fingerprint density at radius 2 is 1.14 bits per heavy atom. The quantitative estimate of drug-likeness (QED) is 0.825. The maximum Gasteiger partial charge on any atom is 0.0370 e. The molecule has 4 heteroatoms.